The molecule has 2 aromatic carbocycles. The highest BCUT2D eigenvalue weighted by atomic mass is 32.2. The lowest BCUT2D eigenvalue weighted by molar-refractivity contribution is -0.142. The lowest BCUT2D eigenvalue weighted by atomic mass is 10.1. The van der Waals surface area contributed by atoms with Gasteiger partial charge in [-0.3, -0.25) is 4.79 Å². The molecule has 0 aromatic heterocycles. The molecule has 0 unspecified atom stereocenters. The van der Waals surface area contributed by atoms with Gasteiger partial charge in [-0.1, -0.05) is 42.0 Å². The lowest BCUT2D eigenvalue weighted by Gasteiger charge is -2.08. The Labute approximate surface area is 145 Å². The molecule has 24 heavy (non-hydrogen) atoms. The Balaban J connectivity index is 1.82. The van der Waals surface area contributed by atoms with Gasteiger partial charge in [-0.15, -0.1) is 11.8 Å². The quantitative estimate of drug-likeness (QED) is 0.492. The van der Waals surface area contributed by atoms with Gasteiger partial charge in [0, 0.05) is 11.0 Å². The minimum absolute atomic E-state index is 0.320. The molecule has 124 valence electrons. The second-order valence-corrected chi connectivity index (χ2v) is 5.95. The fourth-order valence-electron chi connectivity index (χ4n) is 1.96. The molecule has 0 aliphatic carbocycles. The summed E-state index contributed by atoms with van der Waals surface area (Å²) in [5, 5.41) is 2.74. The molecule has 5 heteroatoms. The number of carbonyl (C=O) groups is 2. The molecule has 0 aliphatic heterocycles. The number of nitrogens with one attached hydrogen (secondary N) is 1. The van der Waals surface area contributed by atoms with Gasteiger partial charge in [0.25, 0.3) is 5.91 Å². The predicted molar refractivity (Wildman–Crippen MR) is 98.0 cm³/mol. The number of aryl methyl sites for hydroxylation is 1. The molecule has 0 saturated heterocycles. The Morgan fingerprint density at radius 3 is 2.54 bits per heavy atom. The van der Waals surface area contributed by atoms with E-state index in [2.05, 4.69) is 5.32 Å². The zero-order chi connectivity index (χ0) is 17.4. The number of rotatable bonds is 6. The summed E-state index contributed by atoms with van der Waals surface area (Å²) in [4.78, 5) is 24.5. The number of carbonyl (C=O) groups excluding carboxylic acids is 2. The Morgan fingerprint density at radius 1 is 1.12 bits per heavy atom. The third-order valence-corrected chi connectivity index (χ3v) is 4.01. The van der Waals surface area contributed by atoms with Gasteiger partial charge in [-0.05, 0) is 37.0 Å². The van der Waals surface area contributed by atoms with Crippen molar-refractivity contribution in [2.24, 2.45) is 0 Å². The summed E-state index contributed by atoms with van der Waals surface area (Å²) in [6, 6.07) is 15.2. The second kappa shape index (κ2) is 8.93. The minimum Gasteiger partial charge on any atom is -0.452 e. The summed E-state index contributed by atoms with van der Waals surface area (Å²) in [5.74, 6) is -0.919. The van der Waals surface area contributed by atoms with Crippen LogP contribution in [0.4, 0.5) is 5.69 Å². The van der Waals surface area contributed by atoms with Crippen LogP contribution in [0.3, 0.4) is 0 Å². The number of thioether (sulfide) groups is 1. The van der Waals surface area contributed by atoms with Crippen molar-refractivity contribution in [3.8, 4) is 0 Å². The van der Waals surface area contributed by atoms with Crippen LogP contribution in [0.2, 0.25) is 0 Å². The van der Waals surface area contributed by atoms with Crippen molar-refractivity contribution < 1.29 is 14.3 Å². The average Bonchev–Trinajstić information content (AvgIpc) is 2.60. The van der Waals surface area contributed by atoms with Crippen molar-refractivity contribution in [1.29, 1.82) is 0 Å². The molecule has 0 aliphatic rings. The fourth-order valence-corrected chi connectivity index (χ4v) is 2.51. The van der Waals surface area contributed by atoms with Crippen LogP contribution in [0.5, 0.6) is 0 Å². The van der Waals surface area contributed by atoms with Crippen molar-refractivity contribution in [2.75, 3.05) is 18.2 Å². The predicted octanol–water partition coefficient (Wildman–Crippen LogP) is 3.91. The first-order chi connectivity index (χ1) is 11.6. The summed E-state index contributed by atoms with van der Waals surface area (Å²) in [7, 11) is 0. The molecule has 2 rings (SSSR count). The third kappa shape index (κ3) is 5.59. The van der Waals surface area contributed by atoms with Gasteiger partial charge in [0.2, 0.25) is 0 Å². The average molecular weight is 341 g/mol. The molecule has 0 spiro atoms. The number of ether oxygens (including phenoxy) is 1. The molecule has 2 aromatic rings. The normalized spacial score (nSPS) is 10.6. The first kappa shape index (κ1) is 17.8. The molecule has 0 fully saturated rings. The molecule has 0 heterocycles. The maximum Gasteiger partial charge on any atom is 0.331 e. The fraction of sp³-hybridized carbons (Fsp3) is 0.158. The molecule has 0 bridgehead atoms. The standard InChI is InChI=1S/C19H19NO3S/c1-14-7-9-15(10-8-14)11-12-19(22)23-13-18(21)20-16-5-3-4-6-17(16)24-2/h3-12H,13H2,1-2H3,(H,20,21)/b12-11+. The smallest absolute Gasteiger partial charge is 0.331 e. The SMILES string of the molecule is CSc1ccccc1NC(=O)COC(=O)/C=C/c1ccc(C)cc1. The number of amides is 1. The Kier molecular flexibility index (Phi) is 6.63. The van der Waals surface area contributed by atoms with Crippen LogP contribution in [0, 0.1) is 6.92 Å². The van der Waals surface area contributed by atoms with E-state index in [0.29, 0.717) is 5.69 Å². The van der Waals surface area contributed by atoms with Gasteiger partial charge in [-0.2, -0.15) is 0 Å². The van der Waals surface area contributed by atoms with Crippen LogP contribution < -0.4 is 5.32 Å². The zero-order valence-electron chi connectivity index (χ0n) is 13.6. The summed E-state index contributed by atoms with van der Waals surface area (Å²) in [6.45, 7) is 1.68. The number of esters is 1. The monoisotopic (exact) mass is 341 g/mol. The number of benzene rings is 2. The summed E-state index contributed by atoms with van der Waals surface area (Å²) >= 11 is 1.53. The van der Waals surface area contributed by atoms with Crippen molar-refractivity contribution in [3.63, 3.8) is 0 Å². The van der Waals surface area contributed by atoms with Crippen LogP contribution in [-0.4, -0.2) is 24.7 Å². The summed E-state index contributed by atoms with van der Waals surface area (Å²) < 4.78 is 4.95. The van der Waals surface area contributed by atoms with Crippen molar-refractivity contribution in [1.82, 2.24) is 0 Å². The van der Waals surface area contributed by atoms with Crippen LogP contribution in [0.25, 0.3) is 6.08 Å². The van der Waals surface area contributed by atoms with Gasteiger partial charge in [0.1, 0.15) is 0 Å². The van der Waals surface area contributed by atoms with E-state index < -0.39 is 5.97 Å². The molecule has 1 N–H and O–H groups in total. The van der Waals surface area contributed by atoms with Crippen LogP contribution in [0.1, 0.15) is 11.1 Å². The van der Waals surface area contributed by atoms with Gasteiger partial charge in [0.05, 0.1) is 5.69 Å². The second-order valence-electron chi connectivity index (χ2n) is 5.10. The van der Waals surface area contributed by atoms with Crippen LogP contribution >= 0.6 is 11.8 Å². The highest BCUT2D eigenvalue weighted by molar-refractivity contribution is 7.98. The molecular formula is C19H19NO3S. The van der Waals surface area contributed by atoms with E-state index in [1.165, 1.54) is 17.8 Å². The molecular weight excluding hydrogens is 322 g/mol. The van der Waals surface area contributed by atoms with Gasteiger partial charge in [-0.25, -0.2) is 4.79 Å². The third-order valence-electron chi connectivity index (χ3n) is 3.22. The minimum atomic E-state index is -0.552. The first-order valence-corrected chi connectivity index (χ1v) is 8.65. The van der Waals surface area contributed by atoms with Crippen molar-refractivity contribution in [2.45, 2.75) is 11.8 Å². The molecule has 0 atom stereocenters. The highest BCUT2D eigenvalue weighted by Gasteiger charge is 2.08. The Bertz CT molecular complexity index is 739. The van der Waals surface area contributed by atoms with E-state index in [9.17, 15) is 9.59 Å². The molecule has 4 nitrogen and oxygen atoms in total. The largest absolute Gasteiger partial charge is 0.452 e. The first-order valence-electron chi connectivity index (χ1n) is 7.43. The highest BCUT2D eigenvalue weighted by Crippen LogP contribution is 2.24. The van der Waals surface area contributed by atoms with Crippen molar-refractivity contribution >= 4 is 35.4 Å². The number of anilines is 1. The van der Waals surface area contributed by atoms with E-state index in [-0.39, 0.29) is 12.5 Å². The topological polar surface area (TPSA) is 55.4 Å². The van der Waals surface area contributed by atoms with Crippen LogP contribution in [-0.2, 0) is 14.3 Å². The number of para-hydroxylation sites is 1. The van der Waals surface area contributed by atoms with Gasteiger partial charge >= 0.3 is 5.97 Å². The maximum absolute atomic E-state index is 11.9. The number of hydrogen-bond donors (Lipinski definition) is 1. The molecule has 1 amide bonds. The summed E-state index contributed by atoms with van der Waals surface area (Å²) in [5.41, 5.74) is 2.76. The Hall–Kier alpha value is -2.53. The van der Waals surface area contributed by atoms with E-state index in [0.717, 1.165) is 16.0 Å². The maximum atomic E-state index is 11.9. The summed E-state index contributed by atoms with van der Waals surface area (Å²) in [6.07, 6.45) is 4.90. The van der Waals surface area contributed by atoms with Gasteiger partial charge < -0.3 is 10.1 Å². The van der Waals surface area contributed by atoms with Crippen molar-refractivity contribution in [3.05, 3.63) is 65.7 Å². The van der Waals surface area contributed by atoms with E-state index in [1.807, 2.05) is 61.7 Å². The van der Waals surface area contributed by atoms with Gasteiger partial charge in [0.15, 0.2) is 6.61 Å². The Morgan fingerprint density at radius 2 is 1.83 bits per heavy atom. The van der Waals surface area contributed by atoms with E-state index in [4.69, 9.17) is 4.74 Å². The lowest BCUT2D eigenvalue weighted by Crippen LogP contribution is -2.20. The van der Waals surface area contributed by atoms with E-state index in [1.54, 1.807) is 6.08 Å². The zero-order valence-corrected chi connectivity index (χ0v) is 14.4. The van der Waals surface area contributed by atoms with E-state index >= 15 is 0 Å². The van der Waals surface area contributed by atoms with Crippen LogP contribution in [0.15, 0.2) is 59.5 Å². The number of hydrogen-bond acceptors (Lipinski definition) is 4. The molecule has 0 radical (unpaired) electrons. The molecule has 0 saturated carbocycles.